The summed E-state index contributed by atoms with van der Waals surface area (Å²) in [4.78, 5) is 7.54. The summed E-state index contributed by atoms with van der Waals surface area (Å²) >= 11 is 1.64. The van der Waals surface area contributed by atoms with Crippen molar-refractivity contribution >= 4 is 27.4 Å². The Morgan fingerprint density at radius 2 is 2.00 bits per heavy atom. The Hall–Kier alpha value is -1.63. The predicted molar refractivity (Wildman–Crippen MR) is 106 cm³/mol. The van der Waals surface area contributed by atoms with Crippen molar-refractivity contribution in [2.75, 3.05) is 34.2 Å². The molecule has 2 atom stereocenters. The van der Waals surface area contributed by atoms with Crippen LogP contribution in [0.15, 0.2) is 35.3 Å². The van der Waals surface area contributed by atoms with Crippen molar-refractivity contribution in [1.82, 2.24) is 15.5 Å². The molecule has 1 fully saturated rings. The molecule has 0 aliphatic heterocycles. The number of benzene rings is 1. The van der Waals surface area contributed by atoms with E-state index >= 15 is 0 Å². The fourth-order valence-corrected chi connectivity index (χ4v) is 4.18. The van der Waals surface area contributed by atoms with E-state index in [1.165, 1.54) is 22.9 Å². The maximum atomic E-state index is 10.5. The summed E-state index contributed by atoms with van der Waals surface area (Å²) in [5.74, 6) is 1.54. The van der Waals surface area contributed by atoms with E-state index in [-0.39, 0.29) is 0 Å². The SMILES string of the molecule is CN=C(NCC(O)c1cc2ccccc2s1)NCC(C1CC1)N(C)C. The molecule has 136 valence electrons. The number of likely N-dealkylation sites (N-methyl/N-ethyl adjacent to an activating group) is 1. The number of guanidine groups is 1. The van der Waals surface area contributed by atoms with Gasteiger partial charge in [0.15, 0.2) is 5.96 Å². The molecule has 1 heterocycles. The van der Waals surface area contributed by atoms with E-state index in [9.17, 15) is 5.11 Å². The van der Waals surface area contributed by atoms with Gasteiger partial charge in [0.2, 0.25) is 0 Å². The lowest BCUT2D eigenvalue weighted by atomic mass is 10.1. The second-order valence-electron chi connectivity index (χ2n) is 6.90. The Labute approximate surface area is 153 Å². The molecule has 6 heteroatoms. The zero-order valence-corrected chi connectivity index (χ0v) is 16.0. The number of nitrogens with one attached hydrogen (secondary N) is 2. The highest BCUT2D eigenvalue weighted by molar-refractivity contribution is 7.19. The first-order valence-electron chi connectivity index (χ1n) is 8.86. The van der Waals surface area contributed by atoms with Crippen molar-refractivity contribution in [1.29, 1.82) is 0 Å². The third kappa shape index (κ3) is 4.71. The standard InChI is InChI=1S/C19H28N4OS/c1-20-19(21-11-15(23(2)3)13-8-9-13)22-12-16(24)18-10-14-6-4-5-7-17(14)25-18/h4-7,10,13,15-16,24H,8-9,11-12H2,1-3H3,(H2,20,21,22). The number of fused-ring (bicyclic) bond motifs is 1. The maximum Gasteiger partial charge on any atom is 0.191 e. The van der Waals surface area contributed by atoms with E-state index in [0.29, 0.717) is 12.6 Å². The summed E-state index contributed by atoms with van der Waals surface area (Å²) in [6, 6.07) is 10.8. The maximum absolute atomic E-state index is 10.5. The third-order valence-electron chi connectivity index (χ3n) is 4.77. The number of hydrogen-bond acceptors (Lipinski definition) is 4. The molecular weight excluding hydrogens is 332 g/mol. The zero-order valence-electron chi connectivity index (χ0n) is 15.2. The minimum atomic E-state index is -0.538. The number of aliphatic imine (C=N–C) groups is 1. The fourth-order valence-electron chi connectivity index (χ4n) is 3.13. The summed E-state index contributed by atoms with van der Waals surface area (Å²) in [7, 11) is 6.03. The molecular formula is C19H28N4OS. The summed E-state index contributed by atoms with van der Waals surface area (Å²) in [5, 5.41) is 18.3. The first-order valence-corrected chi connectivity index (χ1v) is 9.67. The largest absolute Gasteiger partial charge is 0.386 e. The molecule has 0 bridgehead atoms. The van der Waals surface area contributed by atoms with Crippen LogP contribution < -0.4 is 10.6 Å². The van der Waals surface area contributed by atoms with Crippen molar-refractivity contribution in [2.45, 2.75) is 25.0 Å². The molecule has 3 rings (SSSR count). The van der Waals surface area contributed by atoms with Crippen LogP contribution in [0.3, 0.4) is 0 Å². The molecule has 2 unspecified atom stereocenters. The first-order chi connectivity index (χ1) is 12.1. The molecule has 1 aliphatic rings. The molecule has 1 aromatic heterocycles. The van der Waals surface area contributed by atoms with Crippen molar-refractivity contribution < 1.29 is 5.11 Å². The van der Waals surface area contributed by atoms with Crippen molar-refractivity contribution in [3.8, 4) is 0 Å². The van der Waals surface area contributed by atoms with Crippen molar-refractivity contribution in [3.05, 3.63) is 35.2 Å². The second kappa shape index (κ2) is 8.17. The van der Waals surface area contributed by atoms with Crippen LogP contribution in [-0.4, -0.2) is 56.2 Å². The predicted octanol–water partition coefficient (Wildman–Crippen LogP) is 2.44. The minimum absolute atomic E-state index is 0.447. The second-order valence-corrected chi connectivity index (χ2v) is 8.02. The Morgan fingerprint density at radius 1 is 1.28 bits per heavy atom. The van der Waals surface area contributed by atoms with Crippen LogP contribution in [0.5, 0.6) is 0 Å². The van der Waals surface area contributed by atoms with E-state index in [0.717, 1.165) is 23.3 Å². The molecule has 5 nitrogen and oxygen atoms in total. The number of nitrogens with zero attached hydrogens (tertiary/aromatic N) is 2. The molecule has 0 spiro atoms. The molecule has 1 saturated carbocycles. The van der Waals surface area contributed by atoms with Gasteiger partial charge < -0.3 is 20.6 Å². The van der Waals surface area contributed by atoms with Gasteiger partial charge in [-0.05, 0) is 50.4 Å². The number of rotatable bonds is 7. The van der Waals surface area contributed by atoms with Crippen LogP contribution >= 0.6 is 11.3 Å². The number of thiophene rings is 1. The molecule has 1 aromatic carbocycles. The normalized spacial score (nSPS) is 17.7. The molecule has 0 amide bonds. The molecule has 3 N–H and O–H groups in total. The van der Waals surface area contributed by atoms with Crippen LogP contribution in [0.1, 0.15) is 23.8 Å². The summed E-state index contributed by atoms with van der Waals surface area (Å²) in [6.07, 6.45) is 2.10. The molecule has 1 aliphatic carbocycles. The summed E-state index contributed by atoms with van der Waals surface area (Å²) in [6.45, 7) is 1.32. The lowest BCUT2D eigenvalue weighted by molar-refractivity contribution is 0.184. The van der Waals surface area contributed by atoms with Crippen LogP contribution in [0, 0.1) is 5.92 Å². The first kappa shape index (κ1) is 18.2. The van der Waals surface area contributed by atoms with E-state index in [4.69, 9.17) is 0 Å². The third-order valence-corrected chi connectivity index (χ3v) is 5.98. The monoisotopic (exact) mass is 360 g/mol. The van der Waals surface area contributed by atoms with Gasteiger partial charge in [0.05, 0.1) is 0 Å². The highest BCUT2D eigenvalue weighted by atomic mass is 32.1. The van der Waals surface area contributed by atoms with Gasteiger partial charge in [-0.1, -0.05) is 18.2 Å². The van der Waals surface area contributed by atoms with Crippen LogP contribution in [0.2, 0.25) is 0 Å². The van der Waals surface area contributed by atoms with Crippen LogP contribution in [0.25, 0.3) is 10.1 Å². The van der Waals surface area contributed by atoms with E-state index < -0.39 is 6.10 Å². The summed E-state index contributed by atoms with van der Waals surface area (Å²) < 4.78 is 1.21. The van der Waals surface area contributed by atoms with E-state index in [1.54, 1.807) is 18.4 Å². The lowest BCUT2D eigenvalue weighted by Crippen LogP contribution is -2.46. The van der Waals surface area contributed by atoms with Gasteiger partial charge in [-0.15, -0.1) is 11.3 Å². The number of hydrogen-bond donors (Lipinski definition) is 3. The zero-order chi connectivity index (χ0) is 17.8. The van der Waals surface area contributed by atoms with Crippen molar-refractivity contribution in [2.24, 2.45) is 10.9 Å². The van der Waals surface area contributed by atoms with E-state index in [1.807, 2.05) is 12.1 Å². The minimum Gasteiger partial charge on any atom is -0.386 e. The average molecular weight is 361 g/mol. The van der Waals surface area contributed by atoms with Gasteiger partial charge in [-0.3, -0.25) is 4.99 Å². The topological polar surface area (TPSA) is 59.9 Å². The van der Waals surface area contributed by atoms with Gasteiger partial charge in [0, 0.05) is 35.8 Å². The molecule has 25 heavy (non-hydrogen) atoms. The molecule has 0 saturated heterocycles. The van der Waals surface area contributed by atoms with Gasteiger partial charge >= 0.3 is 0 Å². The van der Waals surface area contributed by atoms with Gasteiger partial charge in [-0.2, -0.15) is 0 Å². The highest BCUT2D eigenvalue weighted by Gasteiger charge is 2.32. The molecule has 2 aromatic rings. The highest BCUT2D eigenvalue weighted by Crippen LogP contribution is 2.34. The lowest BCUT2D eigenvalue weighted by Gasteiger charge is -2.25. The Morgan fingerprint density at radius 3 is 2.64 bits per heavy atom. The van der Waals surface area contributed by atoms with Crippen LogP contribution in [0.4, 0.5) is 0 Å². The summed E-state index contributed by atoms with van der Waals surface area (Å²) in [5.41, 5.74) is 0. The Balaban J connectivity index is 1.51. The molecule has 0 radical (unpaired) electrons. The smallest absolute Gasteiger partial charge is 0.191 e. The Bertz CT molecular complexity index is 688. The Kier molecular flexibility index (Phi) is 5.93. The average Bonchev–Trinajstić information content (AvgIpc) is 3.34. The van der Waals surface area contributed by atoms with Gasteiger partial charge in [0.1, 0.15) is 6.10 Å². The van der Waals surface area contributed by atoms with Gasteiger partial charge in [0.25, 0.3) is 0 Å². The number of aliphatic hydroxyl groups is 1. The van der Waals surface area contributed by atoms with Gasteiger partial charge in [-0.25, -0.2) is 0 Å². The van der Waals surface area contributed by atoms with Crippen molar-refractivity contribution in [3.63, 3.8) is 0 Å². The number of aliphatic hydroxyl groups excluding tert-OH is 1. The quantitative estimate of drug-likeness (QED) is 0.524. The van der Waals surface area contributed by atoms with Crippen LogP contribution in [-0.2, 0) is 0 Å². The fraction of sp³-hybridized carbons (Fsp3) is 0.526. The van der Waals surface area contributed by atoms with E-state index in [2.05, 4.69) is 52.8 Å².